The van der Waals surface area contributed by atoms with Crippen LogP contribution in [0, 0.1) is 5.82 Å². The van der Waals surface area contributed by atoms with Gasteiger partial charge in [0.2, 0.25) is 0 Å². The Morgan fingerprint density at radius 1 is 1.06 bits per heavy atom. The third-order valence-corrected chi connectivity index (χ3v) is 5.31. The van der Waals surface area contributed by atoms with E-state index in [0.717, 1.165) is 18.2 Å². The fraction of sp³-hybridized carbons (Fsp3) is 0.0952. The van der Waals surface area contributed by atoms with Crippen molar-refractivity contribution in [1.29, 1.82) is 0 Å². The predicted molar refractivity (Wildman–Crippen MR) is 105 cm³/mol. The summed E-state index contributed by atoms with van der Waals surface area (Å²) in [6.07, 6.45) is -3.35. The first-order valence-corrected chi connectivity index (χ1v) is 9.16. The van der Waals surface area contributed by atoms with E-state index in [1.807, 2.05) is 0 Å². The van der Waals surface area contributed by atoms with Crippen molar-refractivity contribution in [3.8, 4) is 11.1 Å². The zero-order valence-electron chi connectivity index (χ0n) is 15.6. The molecule has 0 aliphatic carbocycles. The number of anilines is 1. The molecule has 1 atom stereocenters. The zero-order chi connectivity index (χ0) is 21.9. The van der Waals surface area contributed by atoms with Crippen LogP contribution in [0.3, 0.4) is 0 Å². The quantitative estimate of drug-likeness (QED) is 0.413. The highest BCUT2D eigenvalue weighted by Gasteiger charge is 2.39. The van der Waals surface area contributed by atoms with Crippen LogP contribution in [-0.4, -0.2) is 21.1 Å². The third-order valence-electron chi connectivity index (χ3n) is 5.31. The Morgan fingerprint density at radius 3 is 2.58 bits per heavy atom. The topological polar surface area (TPSA) is 96.7 Å². The molecule has 0 fully saturated rings. The molecule has 0 saturated heterocycles. The zero-order valence-corrected chi connectivity index (χ0v) is 15.6. The molecular weight excluding hydrogens is 414 g/mol. The molecule has 2 aromatic carbocycles. The maximum atomic E-state index is 14.9. The monoisotopic (exact) mass is 427 g/mol. The standard InChI is InChI=1S/C21H13F4N5O/c22-12-6-3-5-11(21(23,24)25)16(12)17-10-8-27-20-15(10)14(18(19(26)31)29-30-20)9-4-1-2-7-13(9)28-17/h1-8,17,28H,(H2,26,31)(H,27,30). The van der Waals surface area contributed by atoms with Crippen molar-refractivity contribution < 1.29 is 22.4 Å². The minimum atomic E-state index is -4.78. The van der Waals surface area contributed by atoms with E-state index in [9.17, 15) is 22.4 Å². The summed E-state index contributed by atoms with van der Waals surface area (Å²) >= 11 is 0. The van der Waals surface area contributed by atoms with E-state index in [1.165, 1.54) is 6.20 Å². The van der Waals surface area contributed by atoms with Gasteiger partial charge in [-0.05, 0) is 18.2 Å². The average molecular weight is 427 g/mol. The fourth-order valence-corrected chi connectivity index (χ4v) is 4.07. The van der Waals surface area contributed by atoms with Gasteiger partial charge in [0.15, 0.2) is 11.3 Å². The number of hydrogen-bond donors (Lipinski definition) is 3. The molecular formula is C21H13F4N5O. The first-order valence-electron chi connectivity index (χ1n) is 9.16. The van der Waals surface area contributed by atoms with Gasteiger partial charge in [0, 0.05) is 39.5 Å². The summed E-state index contributed by atoms with van der Waals surface area (Å²) in [6.45, 7) is 0. The summed E-state index contributed by atoms with van der Waals surface area (Å²) in [5, 5.41) is 11.2. The number of amides is 1. The predicted octanol–water partition coefficient (Wildman–Crippen LogP) is 4.40. The van der Waals surface area contributed by atoms with Gasteiger partial charge in [-0.15, -0.1) is 10.2 Å². The number of alkyl halides is 3. The smallest absolute Gasteiger partial charge is 0.373 e. The Kier molecular flexibility index (Phi) is 4.01. The Labute approximate surface area is 172 Å². The number of fused-ring (bicyclic) bond motifs is 2. The third kappa shape index (κ3) is 2.82. The van der Waals surface area contributed by atoms with Crippen LogP contribution < -0.4 is 11.1 Å². The molecule has 1 aliphatic heterocycles. The number of aromatic amines is 1. The van der Waals surface area contributed by atoms with Gasteiger partial charge in [-0.2, -0.15) is 13.2 Å². The summed E-state index contributed by atoms with van der Waals surface area (Å²) in [4.78, 5) is 14.9. The van der Waals surface area contributed by atoms with E-state index < -0.39 is 35.1 Å². The van der Waals surface area contributed by atoms with Crippen molar-refractivity contribution in [2.75, 3.05) is 5.32 Å². The molecule has 0 saturated carbocycles. The lowest BCUT2D eigenvalue weighted by molar-refractivity contribution is -0.138. The van der Waals surface area contributed by atoms with Crippen LogP contribution in [0.2, 0.25) is 0 Å². The number of H-pyrrole nitrogens is 1. The second-order valence-electron chi connectivity index (χ2n) is 7.08. The van der Waals surface area contributed by atoms with Crippen molar-refractivity contribution in [2.24, 2.45) is 5.73 Å². The summed E-state index contributed by atoms with van der Waals surface area (Å²) in [6, 6.07) is 8.29. The molecule has 6 nitrogen and oxygen atoms in total. The van der Waals surface area contributed by atoms with Crippen molar-refractivity contribution >= 4 is 22.6 Å². The van der Waals surface area contributed by atoms with E-state index in [1.54, 1.807) is 24.3 Å². The molecule has 4 aromatic rings. The molecule has 2 aromatic heterocycles. The summed E-state index contributed by atoms with van der Waals surface area (Å²) in [7, 11) is 0. The summed E-state index contributed by atoms with van der Waals surface area (Å²) in [5.41, 5.74) is 5.45. The number of rotatable bonds is 2. The molecule has 3 heterocycles. The lowest BCUT2D eigenvalue weighted by Crippen LogP contribution is -2.19. The van der Waals surface area contributed by atoms with Crippen LogP contribution >= 0.6 is 0 Å². The van der Waals surface area contributed by atoms with Gasteiger partial charge in [0.05, 0.1) is 11.6 Å². The molecule has 1 unspecified atom stereocenters. The van der Waals surface area contributed by atoms with Gasteiger partial charge in [-0.3, -0.25) is 4.79 Å². The van der Waals surface area contributed by atoms with Crippen LogP contribution in [0.5, 0.6) is 0 Å². The van der Waals surface area contributed by atoms with Crippen LogP contribution in [0.25, 0.3) is 22.2 Å². The molecule has 0 spiro atoms. The van der Waals surface area contributed by atoms with E-state index in [4.69, 9.17) is 5.73 Å². The first-order chi connectivity index (χ1) is 14.8. The summed E-state index contributed by atoms with van der Waals surface area (Å²) in [5.74, 6) is -1.86. The Hall–Kier alpha value is -3.95. The number of carbonyl (C=O) groups is 1. The van der Waals surface area contributed by atoms with Crippen molar-refractivity contribution in [2.45, 2.75) is 12.2 Å². The molecule has 1 amide bonds. The van der Waals surface area contributed by atoms with Crippen LogP contribution in [0.4, 0.5) is 23.2 Å². The van der Waals surface area contributed by atoms with Crippen molar-refractivity contribution in [3.63, 3.8) is 0 Å². The van der Waals surface area contributed by atoms with Gasteiger partial charge in [-0.1, -0.05) is 24.3 Å². The van der Waals surface area contributed by atoms with Crippen LogP contribution in [0.15, 0.2) is 48.7 Å². The maximum absolute atomic E-state index is 14.9. The minimum Gasteiger partial charge on any atom is -0.373 e. The van der Waals surface area contributed by atoms with Gasteiger partial charge in [-0.25, -0.2) is 4.39 Å². The number of halogens is 4. The number of hydrogen-bond acceptors (Lipinski definition) is 4. The Balaban J connectivity index is 1.91. The lowest BCUT2D eigenvalue weighted by atomic mass is 9.92. The fourth-order valence-electron chi connectivity index (χ4n) is 4.07. The highest BCUT2D eigenvalue weighted by atomic mass is 19.4. The largest absolute Gasteiger partial charge is 0.416 e. The lowest BCUT2D eigenvalue weighted by Gasteiger charge is -2.23. The molecule has 10 heteroatoms. The van der Waals surface area contributed by atoms with E-state index in [-0.39, 0.29) is 16.9 Å². The van der Waals surface area contributed by atoms with Gasteiger partial charge < -0.3 is 16.0 Å². The molecule has 31 heavy (non-hydrogen) atoms. The Bertz CT molecular complexity index is 1360. The van der Waals surface area contributed by atoms with Crippen LogP contribution in [-0.2, 0) is 6.18 Å². The number of nitrogens with zero attached hydrogens (tertiary/aromatic N) is 2. The number of aromatic nitrogens is 3. The van der Waals surface area contributed by atoms with Gasteiger partial charge in [0.1, 0.15) is 5.82 Å². The van der Waals surface area contributed by atoms with Gasteiger partial charge in [0.25, 0.3) is 5.91 Å². The van der Waals surface area contributed by atoms with E-state index >= 15 is 0 Å². The van der Waals surface area contributed by atoms with Crippen molar-refractivity contribution in [3.05, 3.63) is 76.9 Å². The molecule has 1 aliphatic rings. The highest BCUT2D eigenvalue weighted by molar-refractivity contribution is 6.10. The number of benzene rings is 2. The molecule has 0 bridgehead atoms. The molecule has 4 N–H and O–H groups in total. The summed E-state index contributed by atoms with van der Waals surface area (Å²) < 4.78 is 56.2. The normalized spacial score (nSPS) is 15.3. The SMILES string of the molecule is NC(=O)c1nnc2[nH]cc3c2c1-c1ccccc1NC3c1c(F)cccc1C(F)(F)F. The number of primary amides is 1. The Morgan fingerprint density at radius 2 is 1.84 bits per heavy atom. The second-order valence-corrected chi connectivity index (χ2v) is 7.08. The average Bonchev–Trinajstić information content (AvgIpc) is 3.08. The van der Waals surface area contributed by atoms with E-state index in [2.05, 4.69) is 20.5 Å². The molecule has 156 valence electrons. The number of nitrogens with one attached hydrogen (secondary N) is 2. The van der Waals surface area contributed by atoms with Crippen molar-refractivity contribution in [1.82, 2.24) is 15.2 Å². The minimum absolute atomic E-state index is 0.132. The molecule has 5 rings (SSSR count). The van der Waals surface area contributed by atoms with Crippen LogP contribution in [0.1, 0.15) is 33.2 Å². The maximum Gasteiger partial charge on any atom is 0.416 e. The molecule has 0 radical (unpaired) electrons. The second kappa shape index (κ2) is 6.53. The van der Waals surface area contributed by atoms with Gasteiger partial charge >= 0.3 is 6.18 Å². The number of carbonyl (C=O) groups excluding carboxylic acids is 1. The highest BCUT2D eigenvalue weighted by Crippen LogP contribution is 2.47. The number of nitrogens with two attached hydrogens (primary N) is 1. The first kappa shape index (κ1) is 19.0. The van der Waals surface area contributed by atoms with E-state index in [0.29, 0.717) is 22.2 Å². The number of para-hydroxylation sites is 1.